The first kappa shape index (κ1) is 10.8. The Balaban J connectivity index is 4.33. The molecule has 0 heterocycles. The molecule has 68 valence electrons. The number of aliphatic carboxylic acids is 1. The van der Waals surface area contributed by atoms with Gasteiger partial charge in [-0.15, -0.1) is 0 Å². The third-order valence-corrected chi connectivity index (χ3v) is 1.61. The topological polar surface area (TPSA) is 71.4 Å². The number of hydrogen-bond donors (Lipinski definition) is 1. The van der Waals surface area contributed by atoms with E-state index >= 15 is 0 Å². The molecule has 1 N–H and O–H groups in total. The zero-order chi connectivity index (χ0) is 9.72. The second kappa shape index (κ2) is 4.64. The molecule has 0 aromatic heterocycles. The Morgan fingerprint density at radius 3 is 2.08 bits per heavy atom. The van der Waals surface area contributed by atoms with Gasteiger partial charge >= 0.3 is 5.97 Å². The number of ketones is 2. The summed E-state index contributed by atoms with van der Waals surface area (Å²) in [7, 11) is 0. The van der Waals surface area contributed by atoms with Crippen LogP contribution in [0.1, 0.15) is 26.7 Å². The van der Waals surface area contributed by atoms with Gasteiger partial charge in [0.15, 0.2) is 0 Å². The highest BCUT2D eigenvalue weighted by Gasteiger charge is 2.24. The molecule has 0 aliphatic rings. The Labute approximate surface area is 70.6 Å². The average Bonchev–Trinajstić information content (AvgIpc) is 1.98. The Kier molecular flexibility index (Phi) is 4.18. The van der Waals surface area contributed by atoms with Crippen molar-refractivity contribution in [3.05, 3.63) is 0 Å². The van der Waals surface area contributed by atoms with Gasteiger partial charge in [0.1, 0.15) is 11.6 Å². The summed E-state index contributed by atoms with van der Waals surface area (Å²) < 4.78 is 0. The van der Waals surface area contributed by atoms with Gasteiger partial charge in [-0.2, -0.15) is 0 Å². The molecule has 4 nitrogen and oxygen atoms in total. The normalized spacial score (nSPS) is 12.2. The molecule has 12 heavy (non-hydrogen) atoms. The van der Waals surface area contributed by atoms with E-state index in [0.29, 0.717) is 0 Å². The maximum absolute atomic E-state index is 11.0. The molecule has 0 aromatic rings. The number of carboxylic acids is 1. The molecule has 0 fully saturated rings. The van der Waals surface area contributed by atoms with Crippen LogP contribution in [0.25, 0.3) is 0 Å². The van der Waals surface area contributed by atoms with E-state index in [0.717, 1.165) is 0 Å². The molecule has 1 atom stereocenters. The molecule has 0 rings (SSSR count). The van der Waals surface area contributed by atoms with E-state index in [2.05, 4.69) is 0 Å². The van der Waals surface area contributed by atoms with Crippen molar-refractivity contribution in [3.8, 4) is 0 Å². The average molecular weight is 172 g/mol. The number of Topliss-reactive ketones (excluding diaryl/α,β-unsaturated/α-hetero) is 2. The SMILES string of the molecule is CCC(=O)C(CC(=O)O)C(C)=O. The van der Waals surface area contributed by atoms with Gasteiger partial charge in [0, 0.05) is 6.42 Å². The standard InChI is InChI=1S/C8H12O4/c1-3-7(10)6(5(2)9)4-8(11)12/h6H,3-4H2,1-2H3,(H,11,12). The van der Waals surface area contributed by atoms with Gasteiger partial charge in [-0.25, -0.2) is 0 Å². The van der Waals surface area contributed by atoms with Crippen LogP contribution in [0.3, 0.4) is 0 Å². The summed E-state index contributed by atoms with van der Waals surface area (Å²) in [4.78, 5) is 32.0. The van der Waals surface area contributed by atoms with Crippen molar-refractivity contribution < 1.29 is 19.5 Å². The molecule has 0 aromatic carbocycles. The van der Waals surface area contributed by atoms with Crippen LogP contribution in [0.5, 0.6) is 0 Å². The van der Waals surface area contributed by atoms with E-state index in [1.807, 2.05) is 0 Å². The Hall–Kier alpha value is -1.19. The molecular weight excluding hydrogens is 160 g/mol. The smallest absolute Gasteiger partial charge is 0.304 e. The number of carbonyl (C=O) groups is 3. The lowest BCUT2D eigenvalue weighted by Crippen LogP contribution is -2.24. The molecule has 0 amide bonds. The van der Waals surface area contributed by atoms with Crippen molar-refractivity contribution in [2.75, 3.05) is 0 Å². The van der Waals surface area contributed by atoms with Crippen LogP contribution < -0.4 is 0 Å². The maximum Gasteiger partial charge on any atom is 0.304 e. The molecule has 0 aliphatic carbocycles. The van der Waals surface area contributed by atoms with Gasteiger partial charge in [-0.1, -0.05) is 6.92 Å². The molecule has 0 spiro atoms. The van der Waals surface area contributed by atoms with E-state index in [4.69, 9.17) is 5.11 Å². The van der Waals surface area contributed by atoms with Crippen LogP contribution in [0.15, 0.2) is 0 Å². The number of carboxylic acid groups (broad SMARTS) is 1. The number of carbonyl (C=O) groups excluding carboxylic acids is 2. The van der Waals surface area contributed by atoms with E-state index in [1.165, 1.54) is 6.92 Å². The van der Waals surface area contributed by atoms with Crippen molar-refractivity contribution >= 4 is 17.5 Å². The van der Waals surface area contributed by atoms with Crippen LogP contribution in [0.4, 0.5) is 0 Å². The van der Waals surface area contributed by atoms with Gasteiger partial charge in [0.25, 0.3) is 0 Å². The van der Waals surface area contributed by atoms with Crippen LogP contribution >= 0.6 is 0 Å². The van der Waals surface area contributed by atoms with Crippen LogP contribution in [-0.2, 0) is 14.4 Å². The predicted molar refractivity (Wildman–Crippen MR) is 41.7 cm³/mol. The quantitative estimate of drug-likeness (QED) is 0.618. The summed E-state index contributed by atoms with van der Waals surface area (Å²) in [5.74, 6) is -2.74. The minimum atomic E-state index is -1.11. The van der Waals surface area contributed by atoms with Crippen molar-refractivity contribution in [2.45, 2.75) is 26.7 Å². The van der Waals surface area contributed by atoms with Crippen LogP contribution in [0.2, 0.25) is 0 Å². The molecule has 0 saturated heterocycles. The monoisotopic (exact) mass is 172 g/mol. The fraction of sp³-hybridized carbons (Fsp3) is 0.625. The molecule has 0 radical (unpaired) electrons. The molecule has 0 aliphatic heterocycles. The van der Waals surface area contributed by atoms with E-state index in [-0.39, 0.29) is 24.4 Å². The van der Waals surface area contributed by atoms with Crippen molar-refractivity contribution in [3.63, 3.8) is 0 Å². The van der Waals surface area contributed by atoms with Crippen LogP contribution in [0, 0.1) is 5.92 Å². The second-order valence-corrected chi connectivity index (χ2v) is 2.58. The van der Waals surface area contributed by atoms with Gasteiger partial charge in [-0.05, 0) is 6.92 Å². The molecule has 0 saturated carbocycles. The van der Waals surface area contributed by atoms with E-state index in [9.17, 15) is 14.4 Å². The fourth-order valence-electron chi connectivity index (χ4n) is 0.905. The van der Waals surface area contributed by atoms with Crippen molar-refractivity contribution in [1.82, 2.24) is 0 Å². The maximum atomic E-state index is 11.0. The predicted octanol–water partition coefficient (Wildman–Crippen LogP) is 0.645. The summed E-state index contributed by atoms with van der Waals surface area (Å²) >= 11 is 0. The highest BCUT2D eigenvalue weighted by atomic mass is 16.4. The zero-order valence-corrected chi connectivity index (χ0v) is 7.16. The lowest BCUT2D eigenvalue weighted by atomic mass is 9.95. The minimum Gasteiger partial charge on any atom is -0.481 e. The Morgan fingerprint density at radius 2 is 1.83 bits per heavy atom. The first-order valence-corrected chi connectivity index (χ1v) is 3.74. The number of hydrogen-bond acceptors (Lipinski definition) is 3. The summed E-state index contributed by atoms with van der Waals surface area (Å²) in [5, 5.41) is 8.37. The summed E-state index contributed by atoms with van der Waals surface area (Å²) in [5.41, 5.74) is 0. The Bertz CT molecular complexity index is 207. The molecule has 4 heteroatoms. The first-order valence-electron chi connectivity index (χ1n) is 3.74. The third-order valence-electron chi connectivity index (χ3n) is 1.61. The first-order chi connectivity index (χ1) is 5.49. The summed E-state index contributed by atoms with van der Waals surface area (Å²) in [6.45, 7) is 2.85. The lowest BCUT2D eigenvalue weighted by Gasteiger charge is -2.07. The van der Waals surface area contributed by atoms with Gasteiger partial charge in [-0.3, -0.25) is 14.4 Å². The lowest BCUT2D eigenvalue weighted by molar-refractivity contribution is -0.144. The largest absolute Gasteiger partial charge is 0.481 e. The summed E-state index contributed by atoms with van der Waals surface area (Å²) in [6, 6.07) is 0. The summed E-state index contributed by atoms with van der Waals surface area (Å²) in [6.07, 6.45) is -0.181. The Morgan fingerprint density at radius 1 is 1.33 bits per heavy atom. The molecule has 1 unspecified atom stereocenters. The second-order valence-electron chi connectivity index (χ2n) is 2.58. The number of rotatable bonds is 5. The van der Waals surface area contributed by atoms with Gasteiger partial charge in [0.2, 0.25) is 0 Å². The zero-order valence-electron chi connectivity index (χ0n) is 7.16. The van der Waals surface area contributed by atoms with Crippen LogP contribution in [-0.4, -0.2) is 22.6 Å². The molecule has 0 bridgehead atoms. The van der Waals surface area contributed by atoms with Crippen molar-refractivity contribution in [1.29, 1.82) is 0 Å². The van der Waals surface area contributed by atoms with E-state index < -0.39 is 11.9 Å². The van der Waals surface area contributed by atoms with Gasteiger partial charge in [0.05, 0.1) is 12.3 Å². The fourth-order valence-corrected chi connectivity index (χ4v) is 0.905. The minimum absolute atomic E-state index is 0.206. The van der Waals surface area contributed by atoms with Gasteiger partial charge < -0.3 is 5.11 Å². The molecular formula is C8H12O4. The highest BCUT2D eigenvalue weighted by Crippen LogP contribution is 2.08. The third kappa shape index (κ3) is 3.27. The van der Waals surface area contributed by atoms with E-state index in [1.54, 1.807) is 6.92 Å². The van der Waals surface area contributed by atoms with Crippen molar-refractivity contribution in [2.24, 2.45) is 5.92 Å². The highest BCUT2D eigenvalue weighted by molar-refractivity contribution is 6.03.